The molecule has 5 nitrogen and oxygen atoms in total. The van der Waals surface area contributed by atoms with E-state index in [0.29, 0.717) is 15.6 Å². The van der Waals surface area contributed by atoms with E-state index < -0.39 is 11.0 Å². The molecule has 106 valence electrons. The summed E-state index contributed by atoms with van der Waals surface area (Å²) in [4.78, 5) is 11.0. The first-order valence-electron chi connectivity index (χ1n) is 5.78. The van der Waals surface area contributed by atoms with Gasteiger partial charge in [0.2, 0.25) is 0 Å². The maximum Gasteiger partial charge on any atom is 0.323 e. The molecule has 0 saturated heterocycles. The van der Waals surface area contributed by atoms with Crippen molar-refractivity contribution >= 4 is 28.6 Å². The van der Waals surface area contributed by atoms with Crippen LogP contribution >= 0.6 is 22.9 Å². The van der Waals surface area contributed by atoms with Crippen LogP contribution in [0.4, 0.5) is 5.69 Å². The maximum absolute atomic E-state index is 11.0. The summed E-state index contributed by atoms with van der Waals surface area (Å²) in [7, 11) is 0. The Bertz CT molecular complexity index is 654. The highest BCUT2D eigenvalue weighted by Crippen LogP contribution is 2.42. The molecule has 1 atom stereocenters. The zero-order valence-electron chi connectivity index (χ0n) is 10.8. The lowest BCUT2D eigenvalue weighted by Gasteiger charge is -2.05. The minimum absolute atomic E-state index is 0.146. The summed E-state index contributed by atoms with van der Waals surface area (Å²) in [6, 6.07) is 6.34. The summed E-state index contributed by atoms with van der Waals surface area (Å²) < 4.78 is 5.54. The fourth-order valence-electron chi connectivity index (χ4n) is 1.58. The van der Waals surface area contributed by atoms with E-state index in [1.807, 2.05) is 6.92 Å². The SMILES string of the molecule is Cc1cc(Oc2sc([C@@H](C)O)cc2[N+](=O)[O-])ccc1Cl. The number of benzene rings is 1. The Morgan fingerprint density at radius 2 is 2.15 bits per heavy atom. The van der Waals surface area contributed by atoms with Crippen LogP contribution in [0, 0.1) is 17.0 Å². The molecule has 0 bridgehead atoms. The molecular weight excluding hydrogens is 302 g/mol. The molecule has 0 aliphatic rings. The number of rotatable bonds is 4. The fourth-order valence-corrected chi connectivity index (χ4v) is 2.63. The second-order valence-electron chi connectivity index (χ2n) is 4.27. The monoisotopic (exact) mass is 313 g/mol. The largest absolute Gasteiger partial charge is 0.440 e. The summed E-state index contributed by atoms with van der Waals surface area (Å²) in [6.07, 6.45) is -0.775. The van der Waals surface area contributed by atoms with Gasteiger partial charge in [-0.3, -0.25) is 10.1 Å². The summed E-state index contributed by atoms with van der Waals surface area (Å²) in [5.41, 5.74) is 0.664. The molecule has 0 aliphatic heterocycles. The zero-order valence-corrected chi connectivity index (χ0v) is 12.4. The summed E-state index contributed by atoms with van der Waals surface area (Å²) in [5, 5.41) is 21.2. The maximum atomic E-state index is 11.0. The Kier molecular flexibility index (Phi) is 4.27. The molecule has 2 rings (SSSR count). The number of hydrogen-bond acceptors (Lipinski definition) is 5. The fraction of sp³-hybridized carbons (Fsp3) is 0.231. The molecule has 20 heavy (non-hydrogen) atoms. The van der Waals surface area contributed by atoms with Crippen molar-refractivity contribution in [3.05, 3.63) is 49.8 Å². The molecule has 0 amide bonds. The quantitative estimate of drug-likeness (QED) is 0.668. The molecule has 7 heteroatoms. The van der Waals surface area contributed by atoms with Gasteiger partial charge in [-0.2, -0.15) is 0 Å². The smallest absolute Gasteiger partial charge is 0.323 e. The van der Waals surface area contributed by atoms with Crippen molar-refractivity contribution in [2.45, 2.75) is 20.0 Å². The van der Waals surface area contributed by atoms with Crippen molar-refractivity contribution in [2.75, 3.05) is 0 Å². The van der Waals surface area contributed by atoms with Gasteiger partial charge in [0.25, 0.3) is 5.06 Å². The number of aryl methyl sites for hydroxylation is 1. The van der Waals surface area contributed by atoms with Gasteiger partial charge in [-0.1, -0.05) is 22.9 Å². The van der Waals surface area contributed by atoms with Crippen LogP contribution in [0.3, 0.4) is 0 Å². The summed E-state index contributed by atoms with van der Waals surface area (Å²) in [6.45, 7) is 3.37. The van der Waals surface area contributed by atoms with E-state index in [2.05, 4.69) is 0 Å². The van der Waals surface area contributed by atoms with Gasteiger partial charge in [0.15, 0.2) is 0 Å². The minimum atomic E-state index is -0.775. The molecule has 0 saturated carbocycles. The second-order valence-corrected chi connectivity index (χ2v) is 5.72. The van der Waals surface area contributed by atoms with Crippen LogP contribution in [0.15, 0.2) is 24.3 Å². The number of aliphatic hydroxyl groups excluding tert-OH is 1. The Hall–Kier alpha value is -1.63. The highest BCUT2D eigenvalue weighted by molar-refractivity contribution is 7.14. The molecule has 1 heterocycles. The predicted octanol–water partition coefficient (Wildman–Crippen LogP) is 4.46. The van der Waals surface area contributed by atoms with E-state index in [1.54, 1.807) is 25.1 Å². The van der Waals surface area contributed by atoms with Gasteiger partial charge in [-0.15, -0.1) is 0 Å². The number of nitrogens with zero attached hydrogens (tertiary/aromatic N) is 1. The molecular formula is C13H12ClNO4S. The van der Waals surface area contributed by atoms with E-state index >= 15 is 0 Å². The number of halogens is 1. The van der Waals surface area contributed by atoms with Gasteiger partial charge in [0.1, 0.15) is 5.75 Å². The number of ether oxygens (including phenoxy) is 1. The molecule has 1 aromatic heterocycles. The molecule has 0 radical (unpaired) electrons. The Balaban J connectivity index is 2.36. The average Bonchev–Trinajstić information content (AvgIpc) is 2.78. The van der Waals surface area contributed by atoms with Gasteiger partial charge in [-0.25, -0.2) is 0 Å². The Morgan fingerprint density at radius 3 is 2.70 bits per heavy atom. The first kappa shape index (κ1) is 14.8. The molecule has 1 aromatic carbocycles. The van der Waals surface area contributed by atoms with E-state index in [4.69, 9.17) is 16.3 Å². The third-order valence-corrected chi connectivity index (χ3v) is 4.24. The lowest BCUT2D eigenvalue weighted by Crippen LogP contribution is -1.90. The summed E-state index contributed by atoms with van der Waals surface area (Å²) >= 11 is 6.97. The van der Waals surface area contributed by atoms with Crippen molar-refractivity contribution < 1.29 is 14.8 Å². The van der Waals surface area contributed by atoms with Crippen LogP contribution in [-0.2, 0) is 0 Å². The van der Waals surface area contributed by atoms with E-state index in [-0.39, 0.29) is 10.8 Å². The standard InChI is InChI=1S/C13H12ClNO4S/c1-7-5-9(3-4-10(7)14)19-13-11(15(17)18)6-12(20-13)8(2)16/h3-6,8,16H,1-2H3/t8-/m1/s1. The molecule has 1 N–H and O–H groups in total. The van der Waals surface area contributed by atoms with E-state index in [1.165, 1.54) is 6.07 Å². The third-order valence-electron chi connectivity index (χ3n) is 2.65. The van der Waals surface area contributed by atoms with Gasteiger partial charge in [0, 0.05) is 16.0 Å². The van der Waals surface area contributed by atoms with Gasteiger partial charge >= 0.3 is 5.69 Å². The molecule has 0 fully saturated rings. The summed E-state index contributed by atoms with van der Waals surface area (Å²) in [5.74, 6) is 0.467. The van der Waals surface area contributed by atoms with Crippen LogP contribution in [0.1, 0.15) is 23.5 Å². The lowest BCUT2D eigenvalue weighted by atomic mass is 10.2. The third kappa shape index (κ3) is 3.09. The molecule has 2 aromatic rings. The van der Waals surface area contributed by atoms with E-state index in [9.17, 15) is 15.2 Å². The molecule has 0 aliphatic carbocycles. The molecule has 0 unspecified atom stereocenters. The van der Waals surface area contributed by atoms with E-state index in [0.717, 1.165) is 16.9 Å². The van der Waals surface area contributed by atoms with Crippen LogP contribution in [-0.4, -0.2) is 10.0 Å². The topological polar surface area (TPSA) is 72.6 Å². The number of thiophene rings is 1. The lowest BCUT2D eigenvalue weighted by molar-refractivity contribution is -0.385. The second kappa shape index (κ2) is 5.78. The van der Waals surface area contributed by atoms with Crippen LogP contribution < -0.4 is 4.74 Å². The normalized spacial score (nSPS) is 12.2. The molecule has 0 spiro atoms. The van der Waals surface area contributed by atoms with Crippen molar-refractivity contribution in [3.8, 4) is 10.8 Å². The zero-order chi connectivity index (χ0) is 14.9. The van der Waals surface area contributed by atoms with Crippen molar-refractivity contribution in [2.24, 2.45) is 0 Å². The predicted molar refractivity (Wildman–Crippen MR) is 77.9 cm³/mol. The Labute approximate surface area is 124 Å². The first-order chi connectivity index (χ1) is 9.38. The number of hydrogen-bond donors (Lipinski definition) is 1. The van der Waals surface area contributed by atoms with Crippen LogP contribution in [0.5, 0.6) is 10.8 Å². The van der Waals surface area contributed by atoms with Gasteiger partial charge < -0.3 is 9.84 Å². The minimum Gasteiger partial charge on any atom is -0.440 e. The first-order valence-corrected chi connectivity index (χ1v) is 6.98. The number of nitro groups is 1. The average molecular weight is 314 g/mol. The van der Waals surface area contributed by atoms with Crippen molar-refractivity contribution in [1.29, 1.82) is 0 Å². The van der Waals surface area contributed by atoms with Gasteiger partial charge in [-0.05, 0) is 37.6 Å². The highest BCUT2D eigenvalue weighted by atomic mass is 35.5. The van der Waals surface area contributed by atoms with Gasteiger partial charge in [0.05, 0.1) is 11.0 Å². The highest BCUT2D eigenvalue weighted by Gasteiger charge is 2.23. The van der Waals surface area contributed by atoms with Crippen LogP contribution in [0.2, 0.25) is 5.02 Å². The van der Waals surface area contributed by atoms with Crippen molar-refractivity contribution in [1.82, 2.24) is 0 Å². The van der Waals surface area contributed by atoms with Crippen LogP contribution in [0.25, 0.3) is 0 Å². The number of aliphatic hydroxyl groups is 1. The van der Waals surface area contributed by atoms with Crippen molar-refractivity contribution in [3.63, 3.8) is 0 Å². The Morgan fingerprint density at radius 1 is 1.45 bits per heavy atom.